The van der Waals surface area contributed by atoms with E-state index in [0.29, 0.717) is 23.9 Å². The van der Waals surface area contributed by atoms with Crippen LogP contribution in [-0.4, -0.2) is 51.6 Å². The second kappa shape index (κ2) is 7.77. The van der Waals surface area contributed by atoms with E-state index in [1.165, 1.54) is 0 Å². The van der Waals surface area contributed by atoms with Crippen molar-refractivity contribution in [1.82, 2.24) is 15.1 Å². The Balaban J connectivity index is 1.65. The highest BCUT2D eigenvalue weighted by Crippen LogP contribution is 2.43. The number of likely N-dealkylation sites (tertiary alicyclic amines) is 1. The van der Waals surface area contributed by atoms with Crippen LogP contribution in [0.4, 0.5) is 10.6 Å². The largest absolute Gasteiger partial charge is 0.444 e. The van der Waals surface area contributed by atoms with E-state index in [2.05, 4.69) is 15.0 Å². The Kier molecular flexibility index (Phi) is 5.29. The standard InChI is InChI=1S/C22H24ClN5O2/c1-22(2,3)30-21(29)28-10-9-13(12-28)18-19(24-4)17(14-7-5-6-8-16(14)23)15-11-25-27-20(15)26-18/h5-8,11,13,17,19H,9-10,12H2,1-3H3,(H,25,27). The average Bonchev–Trinajstić information content (AvgIpc) is 3.35. The molecule has 0 radical (unpaired) electrons. The molecule has 156 valence electrons. The molecule has 2 aliphatic heterocycles. The number of H-pyrrole nitrogens is 1. The molecule has 0 saturated carbocycles. The molecular formula is C22H24ClN5O2. The van der Waals surface area contributed by atoms with Crippen LogP contribution in [0.15, 0.2) is 35.5 Å². The van der Waals surface area contributed by atoms with E-state index in [1.54, 1.807) is 11.1 Å². The highest BCUT2D eigenvalue weighted by molar-refractivity contribution is 6.31. The van der Waals surface area contributed by atoms with Crippen LogP contribution in [0.5, 0.6) is 0 Å². The molecule has 4 rings (SSSR count). The van der Waals surface area contributed by atoms with Crippen molar-refractivity contribution >= 4 is 29.2 Å². The lowest BCUT2D eigenvalue weighted by molar-refractivity contribution is 0.0292. The van der Waals surface area contributed by atoms with Crippen LogP contribution in [-0.2, 0) is 4.74 Å². The summed E-state index contributed by atoms with van der Waals surface area (Å²) in [4.78, 5) is 22.9. The molecule has 1 aromatic carbocycles. The molecule has 30 heavy (non-hydrogen) atoms. The summed E-state index contributed by atoms with van der Waals surface area (Å²) in [7, 11) is 0. The Morgan fingerprint density at radius 3 is 2.80 bits per heavy atom. The van der Waals surface area contributed by atoms with Crippen LogP contribution in [0.1, 0.15) is 44.2 Å². The first-order valence-corrected chi connectivity index (χ1v) is 10.4. The maximum atomic E-state index is 12.5. The number of rotatable bonds is 2. The molecule has 3 heterocycles. The van der Waals surface area contributed by atoms with Gasteiger partial charge >= 0.3 is 6.09 Å². The number of fused-ring (bicyclic) bond motifs is 1. The summed E-state index contributed by atoms with van der Waals surface area (Å²) in [6.45, 7) is 14.6. The number of aromatic nitrogens is 2. The molecule has 3 atom stereocenters. The minimum Gasteiger partial charge on any atom is -0.444 e. The number of aromatic amines is 1. The van der Waals surface area contributed by atoms with Gasteiger partial charge in [-0.2, -0.15) is 5.10 Å². The Hall–Kier alpha value is -2.85. The van der Waals surface area contributed by atoms with E-state index in [9.17, 15) is 4.79 Å². The third kappa shape index (κ3) is 3.80. The minimum absolute atomic E-state index is 0.0157. The van der Waals surface area contributed by atoms with Gasteiger partial charge in [0.2, 0.25) is 0 Å². The van der Waals surface area contributed by atoms with Gasteiger partial charge in [-0.15, -0.1) is 0 Å². The fraction of sp³-hybridized carbons (Fsp3) is 0.455. The molecule has 3 unspecified atom stereocenters. The Labute approximate surface area is 180 Å². The summed E-state index contributed by atoms with van der Waals surface area (Å²) in [6, 6.07) is 7.09. The Morgan fingerprint density at radius 2 is 2.10 bits per heavy atom. The predicted octanol–water partition coefficient (Wildman–Crippen LogP) is 4.83. The van der Waals surface area contributed by atoms with Crippen LogP contribution < -0.4 is 0 Å². The first kappa shape index (κ1) is 20.4. The summed E-state index contributed by atoms with van der Waals surface area (Å²) in [5, 5.41) is 7.73. The molecule has 1 saturated heterocycles. The van der Waals surface area contributed by atoms with Gasteiger partial charge in [0.15, 0.2) is 5.82 Å². The van der Waals surface area contributed by atoms with E-state index < -0.39 is 11.6 Å². The first-order chi connectivity index (χ1) is 14.3. The molecule has 1 fully saturated rings. The van der Waals surface area contributed by atoms with Crippen LogP contribution >= 0.6 is 11.6 Å². The van der Waals surface area contributed by atoms with Gasteiger partial charge in [0.25, 0.3) is 6.04 Å². The predicted molar refractivity (Wildman–Crippen MR) is 115 cm³/mol. The van der Waals surface area contributed by atoms with Gasteiger partial charge < -0.3 is 14.5 Å². The maximum Gasteiger partial charge on any atom is 0.410 e. The lowest BCUT2D eigenvalue weighted by atomic mass is 9.79. The summed E-state index contributed by atoms with van der Waals surface area (Å²) in [6.07, 6.45) is 2.14. The van der Waals surface area contributed by atoms with E-state index in [0.717, 1.165) is 23.3 Å². The zero-order valence-electron chi connectivity index (χ0n) is 17.2. The average molecular weight is 426 g/mol. The SMILES string of the molecule is [C-]#[N+]C1C(C2CCN(C(=O)OC(C)(C)C)C2)=Nc2[nH]ncc2C1c1ccccc1Cl. The second-order valence-corrected chi connectivity index (χ2v) is 9.10. The van der Waals surface area contributed by atoms with Crippen molar-refractivity contribution in [2.24, 2.45) is 10.9 Å². The topological polar surface area (TPSA) is 74.9 Å². The van der Waals surface area contributed by atoms with Gasteiger partial charge in [-0.25, -0.2) is 16.4 Å². The number of carbonyl (C=O) groups is 1. The van der Waals surface area contributed by atoms with Gasteiger partial charge in [0, 0.05) is 29.6 Å². The van der Waals surface area contributed by atoms with E-state index in [4.69, 9.17) is 27.9 Å². The van der Waals surface area contributed by atoms with Crippen LogP contribution in [0.3, 0.4) is 0 Å². The molecule has 1 amide bonds. The highest BCUT2D eigenvalue weighted by Gasteiger charge is 2.46. The highest BCUT2D eigenvalue weighted by atomic mass is 35.5. The number of halogens is 1. The molecule has 0 bridgehead atoms. The Morgan fingerprint density at radius 1 is 1.33 bits per heavy atom. The molecule has 1 aromatic heterocycles. The van der Waals surface area contributed by atoms with Crippen molar-refractivity contribution < 1.29 is 9.53 Å². The van der Waals surface area contributed by atoms with Gasteiger partial charge in [-0.1, -0.05) is 29.8 Å². The van der Waals surface area contributed by atoms with E-state index in [1.807, 2.05) is 45.0 Å². The van der Waals surface area contributed by atoms with Crippen molar-refractivity contribution in [3.05, 3.63) is 58.0 Å². The van der Waals surface area contributed by atoms with Crippen LogP contribution in [0, 0.1) is 12.5 Å². The summed E-state index contributed by atoms with van der Waals surface area (Å²) < 4.78 is 5.51. The number of hydrogen-bond acceptors (Lipinski definition) is 4. The van der Waals surface area contributed by atoms with Gasteiger partial charge in [0.05, 0.1) is 12.1 Å². The summed E-state index contributed by atoms with van der Waals surface area (Å²) in [5.41, 5.74) is 1.99. The molecule has 0 spiro atoms. The quantitative estimate of drug-likeness (QED) is 0.700. The Bertz CT molecular complexity index is 1030. The molecule has 0 aliphatic carbocycles. The third-order valence-electron chi connectivity index (χ3n) is 5.48. The van der Waals surface area contributed by atoms with Gasteiger partial charge in [-0.3, -0.25) is 5.10 Å². The minimum atomic E-state index is -0.545. The second-order valence-electron chi connectivity index (χ2n) is 8.70. The van der Waals surface area contributed by atoms with Gasteiger partial charge in [-0.05, 0) is 38.8 Å². The number of benzene rings is 1. The van der Waals surface area contributed by atoms with Crippen molar-refractivity contribution in [2.75, 3.05) is 13.1 Å². The van der Waals surface area contributed by atoms with Gasteiger partial charge in [0.1, 0.15) is 11.3 Å². The van der Waals surface area contributed by atoms with Crippen LogP contribution in [0.25, 0.3) is 4.85 Å². The normalized spacial score (nSPS) is 23.5. The lowest BCUT2D eigenvalue weighted by Gasteiger charge is -2.27. The number of ether oxygens (including phenoxy) is 1. The van der Waals surface area contributed by atoms with Crippen molar-refractivity contribution in [1.29, 1.82) is 0 Å². The molecule has 2 aromatic rings. The summed E-state index contributed by atoms with van der Waals surface area (Å²) in [5.74, 6) is 0.386. The fourth-order valence-electron chi connectivity index (χ4n) is 4.17. The number of carbonyl (C=O) groups excluding carboxylic acids is 1. The number of nitrogens with zero attached hydrogens (tertiary/aromatic N) is 4. The fourth-order valence-corrected chi connectivity index (χ4v) is 4.43. The van der Waals surface area contributed by atoms with Crippen molar-refractivity contribution in [3.63, 3.8) is 0 Å². The third-order valence-corrected chi connectivity index (χ3v) is 5.82. The number of amides is 1. The number of hydrogen-bond donors (Lipinski definition) is 1. The van der Waals surface area contributed by atoms with Crippen molar-refractivity contribution in [2.45, 2.75) is 44.8 Å². The zero-order chi connectivity index (χ0) is 21.5. The maximum absolute atomic E-state index is 12.5. The van der Waals surface area contributed by atoms with Crippen LogP contribution in [0.2, 0.25) is 5.02 Å². The lowest BCUT2D eigenvalue weighted by Crippen LogP contribution is -2.38. The monoisotopic (exact) mass is 425 g/mol. The van der Waals surface area contributed by atoms with Crippen molar-refractivity contribution in [3.8, 4) is 0 Å². The smallest absolute Gasteiger partial charge is 0.410 e. The molecule has 1 N–H and O–H groups in total. The number of aliphatic imine (C=N–C) groups is 1. The first-order valence-electron chi connectivity index (χ1n) is 9.99. The summed E-state index contributed by atoms with van der Waals surface area (Å²) >= 11 is 6.50. The van der Waals surface area contributed by atoms with E-state index in [-0.39, 0.29) is 17.9 Å². The molecular weight excluding hydrogens is 402 g/mol. The molecule has 7 nitrogen and oxygen atoms in total. The van der Waals surface area contributed by atoms with E-state index >= 15 is 0 Å². The zero-order valence-corrected chi connectivity index (χ0v) is 18.0. The number of nitrogens with one attached hydrogen (secondary N) is 1. The molecule has 2 aliphatic rings. The molecule has 8 heteroatoms.